The molecule has 3 aromatic carbocycles. The third-order valence-electron chi connectivity index (χ3n) is 7.58. The van der Waals surface area contributed by atoms with Gasteiger partial charge in [-0.15, -0.1) is 0 Å². The molecule has 2 bridgehead atoms. The number of benzene rings is 3. The number of nitrogens with zero attached hydrogens (tertiary/aromatic N) is 1. The minimum absolute atomic E-state index is 0.0331. The molecular formula is C32H34BrClFN3O2. The van der Waals surface area contributed by atoms with Gasteiger partial charge in [-0.1, -0.05) is 54.1 Å². The van der Waals surface area contributed by atoms with E-state index in [9.17, 15) is 9.18 Å². The number of amides is 1. The predicted molar refractivity (Wildman–Crippen MR) is 162 cm³/mol. The zero-order chi connectivity index (χ0) is 28.1. The number of carbonyl (C=O) groups excluding carboxylic acids is 1. The second-order valence-corrected chi connectivity index (χ2v) is 11.6. The van der Waals surface area contributed by atoms with E-state index in [0.29, 0.717) is 36.5 Å². The second-order valence-electron chi connectivity index (χ2n) is 10.3. The quantitative estimate of drug-likeness (QED) is 0.256. The molecule has 0 aromatic heterocycles. The molecule has 2 aliphatic heterocycles. The van der Waals surface area contributed by atoms with Crippen molar-refractivity contribution in [1.29, 1.82) is 0 Å². The first kappa shape index (κ1) is 28.8. The highest BCUT2D eigenvalue weighted by Crippen LogP contribution is 2.33. The van der Waals surface area contributed by atoms with Gasteiger partial charge in [-0.3, -0.25) is 4.79 Å². The maximum absolute atomic E-state index is 14.0. The summed E-state index contributed by atoms with van der Waals surface area (Å²) in [6.07, 6.45) is 2.45. The summed E-state index contributed by atoms with van der Waals surface area (Å²) in [6.45, 7) is 5.19. The summed E-state index contributed by atoms with van der Waals surface area (Å²) in [4.78, 5) is 15.9. The SMILES string of the molecule is CCN(Cc1ccccc1Cl)C(=O)C1=C(c2ccc(CCCOc3cc(F)ccc3Br)cc2)C[C@@H]2CNC[C@H]1N2. The normalized spacial score (nSPS) is 18.5. The molecule has 1 amide bonds. The van der Waals surface area contributed by atoms with Crippen LogP contribution in [-0.2, 0) is 17.8 Å². The molecule has 1 saturated heterocycles. The van der Waals surface area contributed by atoms with Crippen molar-refractivity contribution >= 4 is 39.0 Å². The number of halogens is 3. The minimum Gasteiger partial charge on any atom is -0.492 e. The van der Waals surface area contributed by atoms with Gasteiger partial charge in [0.05, 0.1) is 17.1 Å². The van der Waals surface area contributed by atoms with Gasteiger partial charge in [0.15, 0.2) is 0 Å². The highest BCUT2D eigenvalue weighted by Gasteiger charge is 2.37. The van der Waals surface area contributed by atoms with Crippen LogP contribution in [0.1, 0.15) is 36.5 Å². The topological polar surface area (TPSA) is 53.6 Å². The lowest BCUT2D eigenvalue weighted by Crippen LogP contribution is -2.59. The lowest BCUT2D eigenvalue weighted by Gasteiger charge is -2.40. The van der Waals surface area contributed by atoms with Gasteiger partial charge in [-0.2, -0.15) is 0 Å². The molecule has 210 valence electrons. The van der Waals surface area contributed by atoms with Gasteiger partial charge >= 0.3 is 0 Å². The van der Waals surface area contributed by atoms with Crippen LogP contribution in [0.15, 0.2) is 76.8 Å². The summed E-state index contributed by atoms with van der Waals surface area (Å²) >= 11 is 9.83. The lowest BCUT2D eigenvalue weighted by molar-refractivity contribution is -0.128. The summed E-state index contributed by atoms with van der Waals surface area (Å²) in [6, 6.07) is 21.0. The monoisotopic (exact) mass is 625 g/mol. The van der Waals surface area contributed by atoms with Gasteiger partial charge < -0.3 is 20.3 Å². The van der Waals surface area contributed by atoms with Crippen LogP contribution in [0, 0.1) is 5.82 Å². The van der Waals surface area contributed by atoms with Crippen LogP contribution < -0.4 is 15.4 Å². The summed E-state index contributed by atoms with van der Waals surface area (Å²) in [5.41, 5.74) is 5.22. The number of piperazine rings is 1. The van der Waals surface area contributed by atoms with E-state index in [2.05, 4.69) is 50.8 Å². The van der Waals surface area contributed by atoms with E-state index in [4.69, 9.17) is 16.3 Å². The molecular weight excluding hydrogens is 593 g/mol. The number of likely N-dealkylation sites (N-methyl/N-ethyl adjacent to an activating group) is 1. The molecule has 3 aromatic rings. The predicted octanol–water partition coefficient (Wildman–Crippen LogP) is 6.39. The average Bonchev–Trinajstić information content (AvgIpc) is 2.96. The zero-order valence-electron chi connectivity index (χ0n) is 22.6. The van der Waals surface area contributed by atoms with Gasteiger partial charge in [0.25, 0.3) is 5.91 Å². The Labute approximate surface area is 248 Å². The Balaban J connectivity index is 1.31. The molecule has 0 aliphatic carbocycles. The van der Waals surface area contributed by atoms with Crippen LogP contribution in [0.3, 0.4) is 0 Å². The molecule has 5 rings (SSSR count). The zero-order valence-corrected chi connectivity index (χ0v) is 24.9. The molecule has 2 heterocycles. The molecule has 2 atom stereocenters. The van der Waals surface area contributed by atoms with Crippen molar-refractivity contribution in [3.05, 3.63) is 104 Å². The number of carbonyl (C=O) groups is 1. The van der Waals surface area contributed by atoms with Crippen molar-refractivity contribution < 1.29 is 13.9 Å². The fraction of sp³-hybridized carbons (Fsp3) is 0.344. The Kier molecular flexibility index (Phi) is 9.58. The molecule has 5 nitrogen and oxygen atoms in total. The fourth-order valence-corrected chi connectivity index (χ4v) is 6.04. The Hall–Kier alpha value is -2.71. The largest absolute Gasteiger partial charge is 0.492 e. The van der Waals surface area contributed by atoms with Gasteiger partial charge in [0, 0.05) is 48.9 Å². The number of hydrogen-bond acceptors (Lipinski definition) is 4. The molecule has 0 radical (unpaired) electrons. The standard InChI is InChI=1S/C32H34BrClFN3O2/c1-2-38(20-23-7-3-4-8-28(23)34)32(39)31-26(17-25-18-36-19-29(31)37-25)22-11-9-21(10-12-22)6-5-15-40-30-16-24(35)13-14-27(30)33/h3-4,7-14,16,25,29,36-37H,2,5-6,15,17-20H2,1H3/t25-,29-/m1/s1. The van der Waals surface area contributed by atoms with Crippen molar-refractivity contribution in [1.82, 2.24) is 15.5 Å². The summed E-state index contributed by atoms with van der Waals surface area (Å²) in [5.74, 6) is 0.257. The smallest absolute Gasteiger partial charge is 0.252 e. The van der Waals surface area contributed by atoms with Crippen molar-refractivity contribution in [3.8, 4) is 5.75 Å². The van der Waals surface area contributed by atoms with E-state index in [1.54, 1.807) is 6.07 Å². The number of rotatable bonds is 10. The Morgan fingerprint density at radius 2 is 1.93 bits per heavy atom. The fourth-order valence-electron chi connectivity index (χ4n) is 5.49. The Morgan fingerprint density at radius 1 is 1.12 bits per heavy atom. The second kappa shape index (κ2) is 13.3. The first-order chi connectivity index (χ1) is 19.4. The van der Waals surface area contributed by atoms with Gasteiger partial charge in [0.1, 0.15) is 11.6 Å². The number of nitrogens with one attached hydrogen (secondary N) is 2. The van der Waals surface area contributed by atoms with Crippen molar-refractivity contribution in [2.75, 3.05) is 26.2 Å². The van der Waals surface area contributed by atoms with E-state index in [1.807, 2.05) is 36.1 Å². The third-order valence-corrected chi connectivity index (χ3v) is 8.61. The summed E-state index contributed by atoms with van der Waals surface area (Å²) in [7, 11) is 0. The first-order valence-electron chi connectivity index (χ1n) is 13.8. The summed E-state index contributed by atoms with van der Waals surface area (Å²) in [5, 5.41) is 7.84. The number of hydrogen-bond donors (Lipinski definition) is 2. The van der Waals surface area contributed by atoms with E-state index in [1.165, 1.54) is 17.7 Å². The van der Waals surface area contributed by atoms with Crippen LogP contribution in [0.25, 0.3) is 5.57 Å². The van der Waals surface area contributed by atoms with Gasteiger partial charge in [-0.05, 0) is 82.6 Å². The average molecular weight is 627 g/mol. The molecule has 0 spiro atoms. The van der Waals surface area contributed by atoms with Crippen LogP contribution in [0.4, 0.5) is 4.39 Å². The van der Waals surface area contributed by atoms with Crippen LogP contribution >= 0.6 is 27.5 Å². The number of aryl methyl sites for hydroxylation is 1. The highest BCUT2D eigenvalue weighted by molar-refractivity contribution is 9.10. The van der Waals surface area contributed by atoms with Crippen LogP contribution in [-0.4, -0.2) is 49.1 Å². The number of fused-ring (bicyclic) bond motifs is 2. The van der Waals surface area contributed by atoms with Crippen molar-refractivity contribution in [3.63, 3.8) is 0 Å². The maximum Gasteiger partial charge on any atom is 0.252 e. The third kappa shape index (κ3) is 6.77. The van der Waals surface area contributed by atoms with E-state index in [-0.39, 0.29) is 17.8 Å². The van der Waals surface area contributed by atoms with Crippen LogP contribution in [0.5, 0.6) is 5.75 Å². The Bertz CT molecular complexity index is 1380. The summed E-state index contributed by atoms with van der Waals surface area (Å²) < 4.78 is 20.0. The van der Waals surface area contributed by atoms with Crippen molar-refractivity contribution in [2.24, 2.45) is 0 Å². The first-order valence-corrected chi connectivity index (χ1v) is 15.0. The molecule has 8 heteroatoms. The molecule has 0 unspecified atom stereocenters. The molecule has 2 N–H and O–H groups in total. The van der Waals surface area contributed by atoms with Gasteiger partial charge in [0.2, 0.25) is 0 Å². The van der Waals surface area contributed by atoms with E-state index in [0.717, 1.165) is 59.1 Å². The molecule has 1 fully saturated rings. The van der Waals surface area contributed by atoms with E-state index < -0.39 is 0 Å². The maximum atomic E-state index is 14.0. The molecule has 2 aliphatic rings. The Morgan fingerprint density at radius 3 is 2.70 bits per heavy atom. The minimum atomic E-state index is -0.315. The molecule has 0 saturated carbocycles. The van der Waals surface area contributed by atoms with Crippen molar-refractivity contribution in [2.45, 2.75) is 44.8 Å². The van der Waals surface area contributed by atoms with Gasteiger partial charge in [-0.25, -0.2) is 4.39 Å². The van der Waals surface area contributed by atoms with E-state index >= 15 is 0 Å². The highest BCUT2D eigenvalue weighted by atomic mass is 79.9. The lowest BCUT2D eigenvalue weighted by atomic mass is 9.83. The number of ether oxygens (including phenoxy) is 1. The molecule has 40 heavy (non-hydrogen) atoms. The van der Waals surface area contributed by atoms with Crippen LogP contribution in [0.2, 0.25) is 5.02 Å².